The molecule has 3 N–H and O–H groups in total. The average molecular weight is 470 g/mol. The molecule has 2 aromatic rings. The first-order valence-electron chi connectivity index (χ1n) is 8.68. The van der Waals surface area contributed by atoms with Gasteiger partial charge in [-0.3, -0.25) is 10.1 Å². The smallest absolute Gasteiger partial charge is 0.321 e. The minimum atomic E-state index is -0.395. The second-order valence-corrected chi connectivity index (χ2v) is 9.35. The maximum Gasteiger partial charge on any atom is 0.321 e. The maximum atomic E-state index is 11.9. The molecule has 27 heavy (non-hydrogen) atoms. The van der Waals surface area contributed by atoms with Gasteiger partial charge in [-0.25, -0.2) is 4.79 Å². The van der Waals surface area contributed by atoms with Crippen molar-refractivity contribution in [1.29, 1.82) is 0 Å². The quantitative estimate of drug-likeness (QED) is 0.523. The number of hydrogen-bond donors (Lipinski definition) is 3. The average Bonchev–Trinajstić information content (AvgIpc) is 3.27. The van der Waals surface area contributed by atoms with Crippen molar-refractivity contribution in [2.75, 3.05) is 11.1 Å². The van der Waals surface area contributed by atoms with Crippen molar-refractivity contribution >= 4 is 61.8 Å². The molecule has 0 saturated heterocycles. The fourth-order valence-corrected chi connectivity index (χ4v) is 4.90. The number of thioether (sulfide) groups is 1. The van der Waals surface area contributed by atoms with E-state index in [4.69, 9.17) is 0 Å². The van der Waals surface area contributed by atoms with Gasteiger partial charge in [0.1, 0.15) is 0 Å². The normalized spacial score (nSPS) is 14.1. The van der Waals surface area contributed by atoms with Crippen LogP contribution in [0.15, 0.2) is 33.1 Å². The topological polar surface area (TPSA) is 96.0 Å². The van der Waals surface area contributed by atoms with Gasteiger partial charge in [-0.1, -0.05) is 57.9 Å². The summed E-state index contributed by atoms with van der Waals surface area (Å²) in [4.78, 5) is 23.6. The molecule has 0 atom stereocenters. The van der Waals surface area contributed by atoms with Gasteiger partial charge < -0.3 is 10.6 Å². The second-order valence-electron chi connectivity index (χ2n) is 6.11. The van der Waals surface area contributed by atoms with E-state index < -0.39 is 6.03 Å². The Kier molecular flexibility index (Phi) is 7.48. The largest absolute Gasteiger partial charge is 0.335 e. The highest BCUT2D eigenvalue weighted by Gasteiger charge is 2.18. The Morgan fingerprint density at radius 3 is 2.85 bits per heavy atom. The summed E-state index contributed by atoms with van der Waals surface area (Å²) >= 11 is 6.30. The number of imide groups is 1. The third-order valence-corrected chi connectivity index (χ3v) is 6.45. The molecule has 144 valence electrons. The SMILES string of the molecule is O=C(CCSc1nnc(Nc2cccc(Br)c2)s1)NC(=O)NC1CCCC1. The molecule has 1 heterocycles. The molecule has 1 saturated carbocycles. The molecule has 3 rings (SSSR count). The third kappa shape index (κ3) is 6.78. The number of halogens is 1. The second kappa shape index (κ2) is 10.0. The highest BCUT2D eigenvalue weighted by atomic mass is 79.9. The standard InChI is InChI=1S/C17H20BrN5O2S2/c18-11-4-3-7-13(10-11)20-16-22-23-17(27-16)26-9-8-14(24)21-15(25)19-12-5-1-2-6-12/h3-4,7,10,12H,1-2,5-6,8-9H2,(H,20,22)(H2,19,21,24,25). The number of aromatic nitrogens is 2. The van der Waals surface area contributed by atoms with Crippen LogP contribution in [0, 0.1) is 0 Å². The van der Waals surface area contributed by atoms with E-state index in [0.717, 1.165) is 40.2 Å². The van der Waals surface area contributed by atoms with E-state index in [9.17, 15) is 9.59 Å². The van der Waals surface area contributed by atoms with E-state index in [1.54, 1.807) is 0 Å². The third-order valence-electron chi connectivity index (χ3n) is 3.98. The van der Waals surface area contributed by atoms with Gasteiger partial charge in [-0.05, 0) is 31.0 Å². The van der Waals surface area contributed by atoms with Crippen molar-refractivity contribution < 1.29 is 9.59 Å². The van der Waals surface area contributed by atoms with Crippen LogP contribution in [0.2, 0.25) is 0 Å². The molecule has 0 spiro atoms. The van der Waals surface area contributed by atoms with E-state index in [1.165, 1.54) is 23.1 Å². The number of benzene rings is 1. The Bertz CT molecular complexity index is 795. The van der Waals surface area contributed by atoms with E-state index in [-0.39, 0.29) is 18.4 Å². The number of nitrogens with zero attached hydrogens (tertiary/aromatic N) is 2. The minimum absolute atomic E-state index is 0.199. The van der Waals surface area contributed by atoms with Crippen molar-refractivity contribution in [2.45, 2.75) is 42.5 Å². The highest BCUT2D eigenvalue weighted by molar-refractivity contribution is 9.10. The fourth-order valence-electron chi connectivity index (χ4n) is 2.72. The first-order valence-corrected chi connectivity index (χ1v) is 11.3. The molecule has 10 heteroatoms. The zero-order valence-corrected chi connectivity index (χ0v) is 17.8. The number of rotatable bonds is 7. The number of hydrogen-bond acceptors (Lipinski definition) is 7. The zero-order valence-electron chi connectivity index (χ0n) is 14.5. The van der Waals surface area contributed by atoms with Gasteiger partial charge in [0.25, 0.3) is 0 Å². The molecule has 1 aromatic heterocycles. The number of anilines is 2. The Hall–Kier alpha value is -1.65. The molecule has 0 bridgehead atoms. The summed E-state index contributed by atoms with van der Waals surface area (Å²) < 4.78 is 1.75. The van der Waals surface area contributed by atoms with Crippen LogP contribution in [0.25, 0.3) is 0 Å². The van der Waals surface area contributed by atoms with Gasteiger partial charge in [0.05, 0.1) is 0 Å². The lowest BCUT2D eigenvalue weighted by Gasteiger charge is -2.11. The Labute approximate surface area is 174 Å². The molecular weight excluding hydrogens is 450 g/mol. The molecule has 0 radical (unpaired) electrons. The van der Waals surface area contributed by atoms with Gasteiger partial charge in [-0.2, -0.15) is 0 Å². The van der Waals surface area contributed by atoms with Crippen LogP contribution in [0.3, 0.4) is 0 Å². The van der Waals surface area contributed by atoms with Crippen LogP contribution in [0.4, 0.5) is 15.6 Å². The molecule has 1 aliphatic rings. The summed E-state index contributed by atoms with van der Waals surface area (Å²) in [5.41, 5.74) is 0.921. The van der Waals surface area contributed by atoms with Gasteiger partial charge in [-0.15, -0.1) is 10.2 Å². The summed E-state index contributed by atoms with van der Waals surface area (Å²) in [6, 6.07) is 7.59. The summed E-state index contributed by atoms with van der Waals surface area (Å²) in [7, 11) is 0. The maximum absolute atomic E-state index is 11.9. The van der Waals surface area contributed by atoms with E-state index in [2.05, 4.69) is 42.1 Å². The lowest BCUT2D eigenvalue weighted by atomic mass is 10.2. The van der Waals surface area contributed by atoms with Gasteiger partial charge in [0, 0.05) is 28.4 Å². The van der Waals surface area contributed by atoms with Crippen molar-refractivity contribution in [3.05, 3.63) is 28.7 Å². The number of urea groups is 1. The summed E-state index contributed by atoms with van der Waals surface area (Å²) in [5.74, 6) is 0.253. The predicted octanol–water partition coefficient (Wildman–Crippen LogP) is 4.29. The van der Waals surface area contributed by atoms with Crippen LogP contribution in [-0.2, 0) is 4.79 Å². The lowest BCUT2D eigenvalue weighted by Crippen LogP contribution is -2.43. The van der Waals surface area contributed by atoms with Crippen molar-refractivity contribution in [3.8, 4) is 0 Å². The summed E-state index contributed by atoms with van der Waals surface area (Å²) in [6.07, 6.45) is 4.50. The first-order chi connectivity index (χ1) is 13.1. The van der Waals surface area contributed by atoms with Crippen molar-refractivity contribution in [3.63, 3.8) is 0 Å². The molecule has 7 nitrogen and oxygen atoms in total. The molecular formula is C17H20BrN5O2S2. The van der Waals surface area contributed by atoms with Crippen LogP contribution < -0.4 is 16.0 Å². The predicted molar refractivity (Wildman–Crippen MR) is 112 cm³/mol. The monoisotopic (exact) mass is 469 g/mol. The Morgan fingerprint density at radius 2 is 2.07 bits per heavy atom. The Morgan fingerprint density at radius 1 is 1.26 bits per heavy atom. The van der Waals surface area contributed by atoms with Crippen molar-refractivity contribution in [2.24, 2.45) is 0 Å². The highest BCUT2D eigenvalue weighted by Crippen LogP contribution is 2.28. The number of carbonyl (C=O) groups excluding carboxylic acids is 2. The van der Waals surface area contributed by atoms with E-state index >= 15 is 0 Å². The molecule has 1 aliphatic carbocycles. The van der Waals surface area contributed by atoms with Gasteiger partial charge in [0.15, 0.2) is 4.34 Å². The zero-order chi connectivity index (χ0) is 19.1. The lowest BCUT2D eigenvalue weighted by molar-refractivity contribution is -0.119. The number of nitrogens with one attached hydrogen (secondary N) is 3. The molecule has 1 aromatic carbocycles. The van der Waals surface area contributed by atoms with Gasteiger partial charge >= 0.3 is 6.03 Å². The summed E-state index contributed by atoms with van der Waals surface area (Å²) in [6.45, 7) is 0. The van der Waals surface area contributed by atoms with E-state index in [0.29, 0.717) is 10.9 Å². The van der Waals surface area contributed by atoms with Crippen LogP contribution in [-0.4, -0.2) is 33.9 Å². The molecule has 0 unspecified atom stereocenters. The van der Waals surface area contributed by atoms with Crippen LogP contribution in [0.1, 0.15) is 32.1 Å². The molecule has 0 aliphatic heterocycles. The van der Waals surface area contributed by atoms with Crippen LogP contribution in [0.5, 0.6) is 0 Å². The van der Waals surface area contributed by atoms with E-state index in [1.807, 2.05) is 24.3 Å². The Balaban J connectivity index is 1.37. The molecule has 3 amide bonds. The number of carbonyl (C=O) groups is 2. The fraction of sp³-hybridized carbons (Fsp3) is 0.412. The minimum Gasteiger partial charge on any atom is -0.335 e. The van der Waals surface area contributed by atoms with Crippen molar-refractivity contribution in [1.82, 2.24) is 20.8 Å². The number of amides is 3. The first kappa shape index (κ1) is 20.1. The summed E-state index contributed by atoms with van der Waals surface area (Å²) in [5, 5.41) is 17.3. The molecule has 1 fully saturated rings. The van der Waals surface area contributed by atoms with Crippen LogP contribution >= 0.6 is 39.0 Å². The van der Waals surface area contributed by atoms with Gasteiger partial charge in [0.2, 0.25) is 11.0 Å².